The molecule has 0 bridgehead atoms. The van der Waals surface area contributed by atoms with Crippen molar-refractivity contribution < 1.29 is 32.8 Å². The van der Waals surface area contributed by atoms with Gasteiger partial charge in [0.05, 0.1) is 19.5 Å². The standard InChI is InChI=1S/C35H68NO7P/c1-3-5-7-9-11-13-15-16-17-19-21-23-25-27-30-40-34(33-43-44(38,39)42-31-29-36)32-41-35(37)28-26-24-22-20-18-14-12-10-8-6-4-2/h10,12,27,30,34H,3-9,11,13-26,28-29,31-33,36H2,1-2H3,(H,38,39). The molecule has 0 rings (SSSR count). The van der Waals surface area contributed by atoms with Gasteiger partial charge < -0.3 is 20.1 Å². The third-order valence-electron chi connectivity index (χ3n) is 7.46. The molecule has 0 saturated carbocycles. The average Bonchev–Trinajstić information content (AvgIpc) is 3.01. The summed E-state index contributed by atoms with van der Waals surface area (Å²) in [5, 5.41) is 0. The number of rotatable bonds is 34. The van der Waals surface area contributed by atoms with Crippen molar-refractivity contribution in [2.75, 3.05) is 26.4 Å². The molecule has 44 heavy (non-hydrogen) atoms. The molecular formula is C35H68NO7P. The number of ether oxygens (including phenoxy) is 2. The van der Waals surface area contributed by atoms with E-state index >= 15 is 0 Å². The molecule has 3 N–H and O–H groups in total. The molecule has 0 aliphatic carbocycles. The number of unbranched alkanes of at least 4 members (excludes halogenated alkanes) is 19. The van der Waals surface area contributed by atoms with Crippen LogP contribution in [0, 0.1) is 0 Å². The van der Waals surface area contributed by atoms with Gasteiger partial charge in [-0.05, 0) is 44.6 Å². The van der Waals surface area contributed by atoms with Crippen molar-refractivity contribution in [3.05, 3.63) is 24.5 Å². The predicted molar refractivity (Wildman–Crippen MR) is 182 cm³/mol. The molecule has 0 fully saturated rings. The van der Waals surface area contributed by atoms with Crippen LogP contribution in [-0.4, -0.2) is 43.3 Å². The van der Waals surface area contributed by atoms with Crippen LogP contribution in [0.4, 0.5) is 0 Å². The molecule has 0 aromatic rings. The molecule has 0 spiro atoms. The molecule has 2 atom stereocenters. The van der Waals surface area contributed by atoms with Crippen LogP contribution in [0.2, 0.25) is 0 Å². The Balaban J connectivity index is 4.18. The largest absolute Gasteiger partial charge is 0.492 e. The van der Waals surface area contributed by atoms with Gasteiger partial charge in [-0.25, -0.2) is 4.57 Å². The zero-order chi connectivity index (χ0) is 32.4. The van der Waals surface area contributed by atoms with E-state index in [0.717, 1.165) is 38.5 Å². The van der Waals surface area contributed by atoms with E-state index in [1.165, 1.54) is 103 Å². The summed E-state index contributed by atoms with van der Waals surface area (Å²) in [5.74, 6) is -0.301. The van der Waals surface area contributed by atoms with Crippen molar-refractivity contribution in [1.29, 1.82) is 0 Å². The second kappa shape index (κ2) is 33.2. The topological polar surface area (TPSA) is 117 Å². The number of hydrogen-bond acceptors (Lipinski definition) is 7. The summed E-state index contributed by atoms with van der Waals surface area (Å²) in [4.78, 5) is 22.1. The third-order valence-corrected chi connectivity index (χ3v) is 8.44. The van der Waals surface area contributed by atoms with Gasteiger partial charge >= 0.3 is 13.8 Å². The zero-order valence-electron chi connectivity index (χ0n) is 28.4. The molecule has 9 heteroatoms. The molecule has 0 aromatic heterocycles. The van der Waals surface area contributed by atoms with Crippen LogP contribution >= 0.6 is 7.82 Å². The minimum atomic E-state index is -4.26. The molecule has 0 aliphatic heterocycles. The van der Waals surface area contributed by atoms with Crippen molar-refractivity contribution in [1.82, 2.24) is 0 Å². The van der Waals surface area contributed by atoms with E-state index in [0.29, 0.717) is 6.42 Å². The lowest BCUT2D eigenvalue weighted by Gasteiger charge is -2.19. The fourth-order valence-corrected chi connectivity index (χ4v) is 5.49. The summed E-state index contributed by atoms with van der Waals surface area (Å²) in [6, 6.07) is 0. The van der Waals surface area contributed by atoms with Crippen LogP contribution in [0.15, 0.2) is 24.5 Å². The number of allylic oxidation sites excluding steroid dienone is 3. The van der Waals surface area contributed by atoms with Crippen LogP contribution in [0.25, 0.3) is 0 Å². The van der Waals surface area contributed by atoms with E-state index in [-0.39, 0.29) is 32.3 Å². The van der Waals surface area contributed by atoms with Gasteiger partial charge in [0.25, 0.3) is 0 Å². The Morgan fingerprint density at radius 1 is 0.682 bits per heavy atom. The Bertz CT molecular complexity index is 732. The van der Waals surface area contributed by atoms with Crippen LogP contribution in [-0.2, 0) is 27.9 Å². The zero-order valence-corrected chi connectivity index (χ0v) is 29.3. The van der Waals surface area contributed by atoms with Gasteiger partial charge in [-0.2, -0.15) is 0 Å². The number of carbonyl (C=O) groups is 1. The fourth-order valence-electron chi connectivity index (χ4n) is 4.72. The molecule has 0 amide bonds. The number of carbonyl (C=O) groups excluding carboxylic acids is 1. The van der Waals surface area contributed by atoms with E-state index in [9.17, 15) is 14.3 Å². The van der Waals surface area contributed by atoms with Crippen molar-refractivity contribution in [2.45, 2.75) is 168 Å². The first-order valence-corrected chi connectivity index (χ1v) is 19.4. The number of phosphoric ester groups is 1. The average molecular weight is 646 g/mol. The summed E-state index contributed by atoms with van der Waals surface area (Å²) >= 11 is 0. The number of hydrogen-bond donors (Lipinski definition) is 2. The Morgan fingerprint density at radius 2 is 1.18 bits per heavy atom. The summed E-state index contributed by atoms with van der Waals surface area (Å²) in [7, 11) is -4.26. The van der Waals surface area contributed by atoms with Gasteiger partial charge in [0.1, 0.15) is 6.61 Å². The highest BCUT2D eigenvalue weighted by atomic mass is 31.2. The van der Waals surface area contributed by atoms with Crippen LogP contribution < -0.4 is 5.73 Å². The SMILES string of the molecule is CCCCC=CCCCCCCCC(=O)OCC(COP(=O)(O)OCCN)OC=CCCCCCCCCCCCCCC. The first-order valence-electron chi connectivity index (χ1n) is 17.9. The minimum Gasteiger partial charge on any atom is -0.492 e. The van der Waals surface area contributed by atoms with Crippen molar-refractivity contribution >= 4 is 13.8 Å². The highest BCUT2D eigenvalue weighted by Crippen LogP contribution is 2.43. The third kappa shape index (κ3) is 32.2. The lowest BCUT2D eigenvalue weighted by Crippen LogP contribution is -2.25. The molecule has 0 radical (unpaired) electrons. The van der Waals surface area contributed by atoms with E-state index in [1.54, 1.807) is 6.26 Å². The van der Waals surface area contributed by atoms with Gasteiger partial charge in [-0.3, -0.25) is 13.8 Å². The van der Waals surface area contributed by atoms with E-state index in [4.69, 9.17) is 24.3 Å². The van der Waals surface area contributed by atoms with Crippen molar-refractivity contribution in [3.8, 4) is 0 Å². The second-order valence-electron chi connectivity index (χ2n) is 11.8. The first-order chi connectivity index (χ1) is 21.4. The van der Waals surface area contributed by atoms with Gasteiger partial charge in [0, 0.05) is 13.0 Å². The van der Waals surface area contributed by atoms with Crippen LogP contribution in [0.5, 0.6) is 0 Å². The highest BCUT2D eigenvalue weighted by Gasteiger charge is 2.24. The Morgan fingerprint density at radius 3 is 1.75 bits per heavy atom. The molecule has 8 nitrogen and oxygen atoms in total. The smallest absolute Gasteiger partial charge is 0.472 e. The lowest BCUT2D eigenvalue weighted by molar-refractivity contribution is -0.147. The summed E-state index contributed by atoms with van der Waals surface area (Å²) in [6.07, 6.45) is 34.3. The monoisotopic (exact) mass is 645 g/mol. The van der Waals surface area contributed by atoms with E-state index in [1.807, 2.05) is 6.08 Å². The predicted octanol–water partition coefficient (Wildman–Crippen LogP) is 10.1. The van der Waals surface area contributed by atoms with Gasteiger partial charge in [0.2, 0.25) is 0 Å². The van der Waals surface area contributed by atoms with Gasteiger partial charge in [-0.1, -0.05) is 129 Å². The maximum atomic E-state index is 12.3. The normalized spacial score (nSPS) is 13.9. The van der Waals surface area contributed by atoms with Gasteiger partial charge in [-0.15, -0.1) is 0 Å². The second-order valence-corrected chi connectivity index (χ2v) is 13.3. The van der Waals surface area contributed by atoms with E-state index in [2.05, 4.69) is 26.0 Å². The summed E-state index contributed by atoms with van der Waals surface area (Å²) in [5.41, 5.74) is 5.34. The molecule has 0 aliphatic rings. The number of esters is 1. The number of phosphoric acid groups is 1. The molecule has 0 saturated heterocycles. The first kappa shape index (κ1) is 42.8. The maximum absolute atomic E-state index is 12.3. The Labute approximate surface area is 270 Å². The maximum Gasteiger partial charge on any atom is 0.472 e. The summed E-state index contributed by atoms with van der Waals surface area (Å²) in [6.45, 7) is 4.16. The highest BCUT2D eigenvalue weighted by molar-refractivity contribution is 7.47. The van der Waals surface area contributed by atoms with Crippen molar-refractivity contribution in [2.24, 2.45) is 5.73 Å². The quantitative estimate of drug-likeness (QED) is 0.0233. The molecular weight excluding hydrogens is 577 g/mol. The van der Waals surface area contributed by atoms with Crippen LogP contribution in [0.1, 0.15) is 162 Å². The molecule has 260 valence electrons. The van der Waals surface area contributed by atoms with Crippen molar-refractivity contribution in [3.63, 3.8) is 0 Å². The molecule has 2 unspecified atom stereocenters. The number of nitrogens with two attached hydrogens (primary N) is 1. The Kier molecular flexibility index (Phi) is 32.3. The molecule has 0 heterocycles. The van der Waals surface area contributed by atoms with E-state index < -0.39 is 13.9 Å². The van der Waals surface area contributed by atoms with Gasteiger partial charge in [0.15, 0.2) is 6.10 Å². The Hall–Kier alpha value is -1.18. The van der Waals surface area contributed by atoms with Crippen LogP contribution in [0.3, 0.4) is 0 Å². The lowest BCUT2D eigenvalue weighted by atomic mass is 10.0. The molecule has 0 aromatic carbocycles. The summed E-state index contributed by atoms with van der Waals surface area (Å²) < 4.78 is 33.0. The fraction of sp³-hybridized carbons (Fsp3) is 0.857. The minimum absolute atomic E-state index is 0.0664.